The van der Waals surface area contributed by atoms with Gasteiger partial charge >= 0.3 is 0 Å². The van der Waals surface area contributed by atoms with Gasteiger partial charge in [-0.3, -0.25) is 4.79 Å². The summed E-state index contributed by atoms with van der Waals surface area (Å²) in [6, 6.07) is 5.29. The third kappa shape index (κ3) is 6.09. The Morgan fingerprint density at radius 3 is 2.67 bits per heavy atom. The number of benzene rings is 1. The van der Waals surface area contributed by atoms with E-state index in [2.05, 4.69) is 19.2 Å². The molecule has 0 spiro atoms. The Bertz CT molecular complexity index is 609. The highest BCUT2D eigenvalue weighted by Gasteiger charge is 2.42. The standard InChI is InChI=1S/C21H32ClNO4/c1-5-12-26-21(10-8-15(2)9-11-21)20(24)23-17-6-7-19(18(22)13-17)27-16(3)14-25-4/h6-7,13,15-16H,5,8-12,14H2,1-4H3,(H,23,24). The number of methoxy groups -OCH3 is 1. The Labute approximate surface area is 167 Å². The van der Waals surface area contributed by atoms with Crippen LogP contribution in [0.1, 0.15) is 52.9 Å². The SMILES string of the molecule is CCCOC1(C(=O)Nc2ccc(OC(C)COC)c(Cl)c2)CCC(C)CC1. The van der Waals surface area contributed by atoms with E-state index in [1.807, 2.05) is 6.92 Å². The second-order valence-corrected chi connectivity index (χ2v) is 7.92. The molecular formula is C21H32ClNO4. The lowest BCUT2D eigenvalue weighted by molar-refractivity contribution is -0.147. The van der Waals surface area contributed by atoms with Gasteiger partial charge in [-0.25, -0.2) is 0 Å². The van der Waals surface area contributed by atoms with E-state index in [0.717, 1.165) is 32.1 Å². The number of ether oxygens (including phenoxy) is 3. The van der Waals surface area contributed by atoms with Crippen molar-refractivity contribution < 1.29 is 19.0 Å². The highest BCUT2D eigenvalue weighted by atomic mass is 35.5. The number of carbonyl (C=O) groups excluding carboxylic acids is 1. The monoisotopic (exact) mass is 397 g/mol. The lowest BCUT2D eigenvalue weighted by atomic mass is 9.78. The van der Waals surface area contributed by atoms with Crippen LogP contribution < -0.4 is 10.1 Å². The van der Waals surface area contributed by atoms with Crippen molar-refractivity contribution in [1.82, 2.24) is 0 Å². The number of nitrogens with one attached hydrogen (secondary N) is 1. The zero-order valence-electron chi connectivity index (χ0n) is 16.8. The van der Waals surface area contributed by atoms with Crippen molar-refractivity contribution in [3.05, 3.63) is 23.2 Å². The average Bonchev–Trinajstić information content (AvgIpc) is 2.64. The van der Waals surface area contributed by atoms with Crippen molar-refractivity contribution in [3.8, 4) is 5.75 Å². The fraction of sp³-hybridized carbons (Fsp3) is 0.667. The van der Waals surface area contributed by atoms with Crippen LogP contribution in [0.2, 0.25) is 5.02 Å². The summed E-state index contributed by atoms with van der Waals surface area (Å²) in [5, 5.41) is 3.45. The second-order valence-electron chi connectivity index (χ2n) is 7.51. The van der Waals surface area contributed by atoms with Crippen LogP contribution in [0.25, 0.3) is 0 Å². The van der Waals surface area contributed by atoms with Gasteiger partial charge in [0, 0.05) is 19.4 Å². The fourth-order valence-electron chi connectivity index (χ4n) is 3.37. The zero-order valence-corrected chi connectivity index (χ0v) is 17.6. The van der Waals surface area contributed by atoms with E-state index in [4.69, 9.17) is 25.8 Å². The Morgan fingerprint density at radius 2 is 2.07 bits per heavy atom. The Morgan fingerprint density at radius 1 is 1.37 bits per heavy atom. The van der Waals surface area contributed by atoms with Crippen LogP contribution >= 0.6 is 11.6 Å². The Balaban J connectivity index is 2.07. The quantitative estimate of drug-likeness (QED) is 0.632. The van der Waals surface area contributed by atoms with Gasteiger partial charge in [-0.1, -0.05) is 25.4 Å². The van der Waals surface area contributed by atoms with Gasteiger partial charge in [-0.15, -0.1) is 0 Å². The zero-order chi connectivity index (χ0) is 19.9. The molecule has 1 aliphatic carbocycles. The summed E-state index contributed by atoms with van der Waals surface area (Å²) >= 11 is 6.33. The summed E-state index contributed by atoms with van der Waals surface area (Å²) in [6.07, 6.45) is 4.29. The molecule has 0 saturated heterocycles. The van der Waals surface area contributed by atoms with Crippen LogP contribution in [0.3, 0.4) is 0 Å². The number of amides is 1. The van der Waals surface area contributed by atoms with E-state index in [9.17, 15) is 4.79 Å². The van der Waals surface area contributed by atoms with E-state index >= 15 is 0 Å². The third-order valence-corrected chi connectivity index (χ3v) is 5.29. The maximum Gasteiger partial charge on any atom is 0.256 e. The largest absolute Gasteiger partial charge is 0.487 e. The molecule has 1 unspecified atom stereocenters. The summed E-state index contributed by atoms with van der Waals surface area (Å²) in [5.74, 6) is 1.12. The van der Waals surface area contributed by atoms with Gasteiger partial charge in [0.25, 0.3) is 5.91 Å². The van der Waals surface area contributed by atoms with E-state index in [1.165, 1.54) is 0 Å². The number of carbonyl (C=O) groups is 1. The lowest BCUT2D eigenvalue weighted by Crippen LogP contribution is -2.48. The molecule has 5 nitrogen and oxygen atoms in total. The van der Waals surface area contributed by atoms with Crippen LogP contribution in [0, 0.1) is 5.92 Å². The molecule has 1 saturated carbocycles. The minimum absolute atomic E-state index is 0.0830. The number of anilines is 1. The molecule has 152 valence electrons. The van der Waals surface area contributed by atoms with Gasteiger partial charge in [-0.2, -0.15) is 0 Å². The highest BCUT2D eigenvalue weighted by Crippen LogP contribution is 2.36. The molecular weight excluding hydrogens is 366 g/mol. The molecule has 1 aliphatic rings. The van der Waals surface area contributed by atoms with Crippen LogP contribution in [0.5, 0.6) is 5.75 Å². The first-order valence-electron chi connectivity index (χ1n) is 9.80. The van der Waals surface area contributed by atoms with Gasteiger partial charge in [0.1, 0.15) is 17.5 Å². The van der Waals surface area contributed by atoms with E-state index in [-0.39, 0.29) is 12.0 Å². The summed E-state index contributed by atoms with van der Waals surface area (Å²) in [6.45, 7) is 7.26. The molecule has 1 amide bonds. The normalized spacial score (nSPS) is 23.7. The van der Waals surface area contributed by atoms with Gasteiger partial charge in [0.05, 0.1) is 11.6 Å². The molecule has 1 fully saturated rings. The van der Waals surface area contributed by atoms with Crippen LogP contribution in [0.4, 0.5) is 5.69 Å². The van der Waals surface area contributed by atoms with Crippen LogP contribution in [0.15, 0.2) is 18.2 Å². The smallest absolute Gasteiger partial charge is 0.256 e. The van der Waals surface area contributed by atoms with Crippen molar-refractivity contribution in [2.24, 2.45) is 5.92 Å². The van der Waals surface area contributed by atoms with Crippen molar-refractivity contribution in [3.63, 3.8) is 0 Å². The van der Waals surface area contributed by atoms with Gasteiger partial charge in [-0.05, 0) is 63.1 Å². The number of halogens is 1. The maximum atomic E-state index is 13.0. The van der Waals surface area contributed by atoms with Crippen molar-refractivity contribution in [1.29, 1.82) is 0 Å². The van der Waals surface area contributed by atoms with E-state index in [1.54, 1.807) is 25.3 Å². The minimum atomic E-state index is -0.739. The first-order chi connectivity index (χ1) is 12.9. The topological polar surface area (TPSA) is 56.8 Å². The molecule has 1 atom stereocenters. The molecule has 27 heavy (non-hydrogen) atoms. The Kier molecular flexibility index (Phi) is 8.39. The molecule has 0 bridgehead atoms. The maximum absolute atomic E-state index is 13.0. The minimum Gasteiger partial charge on any atom is -0.487 e. The molecule has 1 aromatic carbocycles. The molecule has 1 N–H and O–H groups in total. The van der Waals surface area contributed by atoms with E-state index < -0.39 is 5.60 Å². The molecule has 0 aromatic heterocycles. The van der Waals surface area contributed by atoms with Gasteiger partial charge < -0.3 is 19.5 Å². The number of hydrogen-bond donors (Lipinski definition) is 1. The Hall–Kier alpha value is -1.30. The summed E-state index contributed by atoms with van der Waals surface area (Å²) in [4.78, 5) is 13.0. The second kappa shape index (κ2) is 10.3. The third-order valence-electron chi connectivity index (χ3n) is 5.00. The van der Waals surface area contributed by atoms with Gasteiger partial charge in [0.2, 0.25) is 0 Å². The van der Waals surface area contributed by atoms with E-state index in [0.29, 0.717) is 35.6 Å². The molecule has 1 aromatic rings. The first kappa shape index (κ1) is 22.0. The molecule has 0 radical (unpaired) electrons. The lowest BCUT2D eigenvalue weighted by Gasteiger charge is -2.38. The molecule has 2 rings (SSSR count). The summed E-state index contributed by atoms with van der Waals surface area (Å²) in [5.41, 5.74) is -0.0909. The summed E-state index contributed by atoms with van der Waals surface area (Å²) in [7, 11) is 1.63. The molecule has 0 heterocycles. The number of rotatable bonds is 9. The van der Waals surface area contributed by atoms with Crippen molar-refractivity contribution in [2.75, 3.05) is 25.6 Å². The van der Waals surface area contributed by atoms with Crippen molar-refractivity contribution >= 4 is 23.2 Å². The highest BCUT2D eigenvalue weighted by molar-refractivity contribution is 6.32. The molecule has 0 aliphatic heterocycles. The van der Waals surface area contributed by atoms with Gasteiger partial charge in [0.15, 0.2) is 0 Å². The fourth-order valence-corrected chi connectivity index (χ4v) is 3.59. The predicted octanol–water partition coefficient (Wildman–Crippen LogP) is 5.07. The van der Waals surface area contributed by atoms with Crippen LogP contribution in [-0.4, -0.2) is 37.9 Å². The first-order valence-corrected chi connectivity index (χ1v) is 10.2. The summed E-state index contributed by atoms with van der Waals surface area (Å²) < 4.78 is 16.9. The molecule has 6 heteroatoms. The van der Waals surface area contributed by atoms with Crippen LogP contribution in [-0.2, 0) is 14.3 Å². The average molecular weight is 398 g/mol. The predicted molar refractivity (Wildman–Crippen MR) is 109 cm³/mol. The number of hydrogen-bond acceptors (Lipinski definition) is 4. The van der Waals surface area contributed by atoms with Crippen molar-refractivity contribution in [2.45, 2.75) is 64.6 Å².